The van der Waals surface area contributed by atoms with Crippen molar-refractivity contribution in [2.45, 2.75) is 57.8 Å². The van der Waals surface area contributed by atoms with E-state index in [9.17, 15) is 0 Å². The second kappa shape index (κ2) is 11.9. The lowest BCUT2D eigenvalue weighted by molar-refractivity contribution is 0.186. The Labute approximate surface area is 82.0 Å². The first-order valence-electron chi connectivity index (χ1n) is 5.63. The highest BCUT2D eigenvalue weighted by atomic mass is 16.3. The van der Waals surface area contributed by atoms with E-state index < -0.39 is 0 Å². The van der Waals surface area contributed by atoms with E-state index in [4.69, 9.17) is 10.2 Å². The first-order valence-corrected chi connectivity index (χ1v) is 5.63. The second-order valence-corrected chi connectivity index (χ2v) is 3.63. The Kier molecular flexibility index (Phi) is 11.8. The third-order valence-electron chi connectivity index (χ3n) is 2.35. The SMILES string of the molecule is C1CCC1.C1CCCC1.OCCO. The van der Waals surface area contributed by atoms with Crippen molar-refractivity contribution in [3.8, 4) is 0 Å². The van der Waals surface area contributed by atoms with E-state index in [2.05, 4.69) is 0 Å². The third-order valence-corrected chi connectivity index (χ3v) is 2.35. The van der Waals surface area contributed by atoms with E-state index in [1.54, 1.807) is 0 Å². The smallest absolute Gasteiger partial charge is 0.0662 e. The van der Waals surface area contributed by atoms with Crippen LogP contribution in [0.3, 0.4) is 0 Å². The van der Waals surface area contributed by atoms with Gasteiger partial charge in [0, 0.05) is 0 Å². The molecule has 0 aromatic rings. The summed E-state index contributed by atoms with van der Waals surface area (Å²) in [6.45, 7) is -0.250. The average Bonchev–Trinajstić information content (AvgIpc) is 2.57. The van der Waals surface area contributed by atoms with Crippen molar-refractivity contribution in [2.75, 3.05) is 13.2 Å². The van der Waals surface area contributed by atoms with Gasteiger partial charge >= 0.3 is 0 Å². The van der Waals surface area contributed by atoms with Gasteiger partial charge in [0.2, 0.25) is 0 Å². The van der Waals surface area contributed by atoms with E-state index in [1.165, 1.54) is 57.8 Å². The summed E-state index contributed by atoms with van der Waals surface area (Å²) in [6.07, 6.45) is 13.5. The number of aliphatic hydroxyl groups is 2. The van der Waals surface area contributed by atoms with Gasteiger partial charge in [-0.25, -0.2) is 0 Å². The fourth-order valence-electron chi connectivity index (χ4n) is 1.13. The highest BCUT2D eigenvalue weighted by Crippen LogP contribution is 2.15. The maximum atomic E-state index is 7.62. The molecule has 0 radical (unpaired) electrons. The van der Waals surface area contributed by atoms with E-state index >= 15 is 0 Å². The van der Waals surface area contributed by atoms with Gasteiger partial charge in [0.1, 0.15) is 0 Å². The largest absolute Gasteiger partial charge is 0.394 e. The summed E-state index contributed by atoms with van der Waals surface area (Å²) < 4.78 is 0. The first kappa shape index (κ1) is 12.9. The molecule has 2 rings (SSSR count). The zero-order valence-corrected chi connectivity index (χ0v) is 8.67. The Hall–Kier alpha value is -0.0800. The summed E-state index contributed by atoms with van der Waals surface area (Å²) in [7, 11) is 0. The Morgan fingerprint density at radius 2 is 0.615 bits per heavy atom. The molecule has 0 amide bonds. The van der Waals surface area contributed by atoms with Gasteiger partial charge in [-0.1, -0.05) is 57.8 Å². The lowest BCUT2D eigenvalue weighted by Crippen LogP contribution is -1.85. The van der Waals surface area contributed by atoms with Gasteiger partial charge in [-0.15, -0.1) is 0 Å². The summed E-state index contributed by atoms with van der Waals surface area (Å²) in [5, 5.41) is 15.2. The number of aliphatic hydroxyl groups excluding tert-OH is 2. The molecular weight excluding hydrogens is 164 g/mol. The van der Waals surface area contributed by atoms with E-state index in [1.807, 2.05) is 0 Å². The van der Waals surface area contributed by atoms with Gasteiger partial charge in [0.25, 0.3) is 0 Å². The molecule has 2 nitrogen and oxygen atoms in total. The molecule has 0 aromatic heterocycles. The molecule has 0 aliphatic heterocycles. The van der Waals surface area contributed by atoms with Crippen LogP contribution < -0.4 is 0 Å². The minimum Gasteiger partial charge on any atom is -0.394 e. The Bertz CT molecular complexity index is 62.5. The second-order valence-electron chi connectivity index (χ2n) is 3.63. The number of rotatable bonds is 1. The van der Waals surface area contributed by atoms with Crippen molar-refractivity contribution in [2.24, 2.45) is 0 Å². The predicted molar refractivity (Wildman–Crippen MR) is 55.7 cm³/mol. The van der Waals surface area contributed by atoms with E-state index in [0.29, 0.717) is 0 Å². The van der Waals surface area contributed by atoms with Gasteiger partial charge in [0.05, 0.1) is 13.2 Å². The first-order chi connectivity index (χ1) is 6.41. The molecule has 2 aliphatic rings. The Balaban J connectivity index is 0.000000168. The normalized spacial score (nSPS) is 18.9. The molecule has 2 saturated carbocycles. The molecular formula is C11H24O2. The molecule has 2 N–H and O–H groups in total. The zero-order chi connectivity index (χ0) is 9.78. The topological polar surface area (TPSA) is 40.5 Å². The van der Waals surface area contributed by atoms with Crippen molar-refractivity contribution < 1.29 is 10.2 Å². The third kappa shape index (κ3) is 11.9. The molecule has 0 atom stereocenters. The molecule has 0 bridgehead atoms. The van der Waals surface area contributed by atoms with Crippen LogP contribution in [0.2, 0.25) is 0 Å². The van der Waals surface area contributed by atoms with Crippen LogP contribution in [-0.2, 0) is 0 Å². The van der Waals surface area contributed by atoms with Crippen molar-refractivity contribution in [3.05, 3.63) is 0 Å². The highest BCUT2D eigenvalue weighted by Gasteiger charge is 1.95. The van der Waals surface area contributed by atoms with Crippen LogP contribution in [0.15, 0.2) is 0 Å². The molecule has 2 fully saturated rings. The van der Waals surface area contributed by atoms with Gasteiger partial charge in [-0.05, 0) is 0 Å². The lowest BCUT2D eigenvalue weighted by atomic mass is 10.0. The maximum absolute atomic E-state index is 7.62. The van der Waals surface area contributed by atoms with E-state index in [-0.39, 0.29) is 13.2 Å². The van der Waals surface area contributed by atoms with Crippen molar-refractivity contribution in [3.63, 3.8) is 0 Å². The van der Waals surface area contributed by atoms with Crippen LogP contribution in [-0.4, -0.2) is 23.4 Å². The molecule has 80 valence electrons. The maximum Gasteiger partial charge on any atom is 0.0662 e. The molecule has 0 aromatic carbocycles. The van der Waals surface area contributed by atoms with Crippen molar-refractivity contribution in [1.29, 1.82) is 0 Å². The molecule has 0 saturated heterocycles. The zero-order valence-electron chi connectivity index (χ0n) is 8.67. The summed E-state index contributed by atoms with van der Waals surface area (Å²) in [5.41, 5.74) is 0. The monoisotopic (exact) mass is 188 g/mol. The fraction of sp³-hybridized carbons (Fsp3) is 1.00. The highest BCUT2D eigenvalue weighted by molar-refractivity contribution is 4.51. The number of hydrogen-bond acceptors (Lipinski definition) is 2. The summed E-state index contributed by atoms with van der Waals surface area (Å²) >= 11 is 0. The van der Waals surface area contributed by atoms with Gasteiger partial charge in [-0.3, -0.25) is 0 Å². The van der Waals surface area contributed by atoms with Crippen LogP contribution in [0.1, 0.15) is 57.8 Å². The van der Waals surface area contributed by atoms with Crippen LogP contribution in [0, 0.1) is 0 Å². The van der Waals surface area contributed by atoms with Crippen LogP contribution in [0.4, 0.5) is 0 Å². The van der Waals surface area contributed by atoms with Gasteiger partial charge in [-0.2, -0.15) is 0 Å². The van der Waals surface area contributed by atoms with Crippen molar-refractivity contribution >= 4 is 0 Å². The molecule has 0 spiro atoms. The summed E-state index contributed by atoms with van der Waals surface area (Å²) in [4.78, 5) is 0. The molecule has 2 heteroatoms. The molecule has 2 aliphatic carbocycles. The number of hydrogen-bond donors (Lipinski definition) is 2. The minimum absolute atomic E-state index is 0.125. The van der Waals surface area contributed by atoms with Crippen LogP contribution >= 0.6 is 0 Å². The standard InChI is InChI=1S/C5H10.C4H8.C2H6O2/c1-2-4-5-3-1;1-2-4-3-1;3-1-2-4/h1-5H2;1-4H2;3-4H,1-2H2. The Morgan fingerprint density at radius 3 is 0.692 bits per heavy atom. The molecule has 13 heavy (non-hydrogen) atoms. The van der Waals surface area contributed by atoms with Crippen molar-refractivity contribution in [1.82, 2.24) is 0 Å². The van der Waals surface area contributed by atoms with Gasteiger partial charge in [0.15, 0.2) is 0 Å². The predicted octanol–water partition coefficient (Wildman–Crippen LogP) is 2.48. The molecule has 0 heterocycles. The van der Waals surface area contributed by atoms with Crippen LogP contribution in [0.5, 0.6) is 0 Å². The van der Waals surface area contributed by atoms with Gasteiger partial charge < -0.3 is 10.2 Å². The summed E-state index contributed by atoms with van der Waals surface area (Å²) in [5.74, 6) is 0. The fourth-order valence-corrected chi connectivity index (χ4v) is 1.13. The summed E-state index contributed by atoms with van der Waals surface area (Å²) in [6, 6.07) is 0. The average molecular weight is 188 g/mol. The molecule has 0 unspecified atom stereocenters. The lowest BCUT2D eigenvalue weighted by Gasteiger charge is -2.05. The minimum atomic E-state index is -0.125. The Morgan fingerprint density at radius 1 is 0.462 bits per heavy atom. The van der Waals surface area contributed by atoms with E-state index in [0.717, 1.165) is 0 Å². The van der Waals surface area contributed by atoms with Crippen LogP contribution in [0.25, 0.3) is 0 Å². The quantitative estimate of drug-likeness (QED) is 0.663.